The van der Waals surface area contributed by atoms with E-state index in [2.05, 4.69) is 17.1 Å². The predicted molar refractivity (Wildman–Crippen MR) is 120 cm³/mol. The fourth-order valence-electron chi connectivity index (χ4n) is 4.14. The molecule has 2 heterocycles. The molecule has 33 heavy (non-hydrogen) atoms. The lowest BCUT2D eigenvalue weighted by Gasteiger charge is -2.36. The number of anilines is 2. The average Bonchev–Trinajstić information content (AvgIpc) is 3.06. The van der Waals surface area contributed by atoms with E-state index in [0.717, 1.165) is 36.7 Å². The van der Waals surface area contributed by atoms with Crippen LogP contribution in [0.5, 0.6) is 0 Å². The van der Waals surface area contributed by atoms with Crippen LogP contribution in [0.3, 0.4) is 0 Å². The molecule has 0 aromatic heterocycles. The normalized spacial score (nSPS) is 17.2. The van der Waals surface area contributed by atoms with Gasteiger partial charge in [0.1, 0.15) is 5.70 Å². The van der Waals surface area contributed by atoms with Crippen molar-refractivity contribution in [1.29, 1.82) is 0 Å². The van der Waals surface area contributed by atoms with Gasteiger partial charge in [-0.1, -0.05) is 19.1 Å². The topological polar surface area (TPSA) is 73.0 Å². The Labute approximate surface area is 190 Å². The zero-order valence-electron chi connectivity index (χ0n) is 18.4. The van der Waals surface area contributed by atoms with Crippen LogP contribution in [-0.4, -0.2) is 60.2 Å². The molecule has 172 valence electrons. The van der Waals surface area contributed by atoms with Gasteiger partial charge in [0.15, 0.2) is 11.6 Å². The van der Waals surface area contributed by atoms with E-state index in [1.54, 1.807) is 24.3 Å². The number of benzene rings is 2. The van der Waals surface area contributed by atoms with Gasteiger partial charge in [-0.15, -0.1) is 0 Å². The molecule has 2 aromatic carbocycles. The lowest BCUT2D eigenvalue weighted by molar-refractivity contribution is -0.121. The van der Waals surface area contributed by atoms with Crippen LogP contribution in [0.15, 0.2) is 48.2 Å². The van der Waals surface area contributed by atoms with Gasteiger partial charge < -0.3 is 15.1 Å². The molecule has 7 nitrogen and oxygen atoms in total. The Morgan fingerprint density at radius 3 is 2.18 bits per heavy atom. The van der Waals surface area contributed by atoms with Gasteiger partial charge in [-0.2, -0.15) is 0 Å². The summed E-state index contributed by atoms with van der Waals surface area (Å²) < 4.78 is 27.4. The molecule has 1 N–H and O–H groups in total. The smallest absolute Gasteiger partial charge is 0.282 e. The molecule has 0 saturated carbocycles. The van der Waals surface area contributed by atoms with Crippen LogP contribution in [-0.2, 0) is 14.4 Å². The van der Waals surface area contributed by atoms with Crippen molar-refractivity contribution in [2.45, 2.75) is 13.8 Å². The van der Waals surface area contributed by atoms with E-state index in [4.69, 9.17) is 0 Å². The molecular weight excluding hydrogens is 430 g/mol. The highest BCUT2D eigenvalue weighted by Gasteiger charge is 2.43. The summed E-state index contributed by atoms with van der Waals surface area (Å²) in [6, 6.07) is 9.56. The first kappa shape index (κ1) is 22.6. The lowest BCUT2D eigenvalue weighted by Crippen LogP contribution is -2.47. The first-order valence-corrected chi connectivity index (χ1v) is 10.7. The largest absolute Gasteiger partial charge is 0.364 e. The Bertz CT molecular complexity index is 1140. The van der Waals surface area contributed by atoms with Crippen molar-refractivity contribution in [2.75, 3.05) is 42.9 Å². The van der Waals surface area contributed by atoms with E-state index in [0.29, 0.717) is 24.3 Å². The molecule has 0 unspecified atom stereocenters. The molecule has 2 aliphatic rings. The van der Waals surface area contributed by atoms with Crippen molar-refractivity contribution in [1.82, 2.24) is 9.80 Å². The van der Waals surface area contributed by atoms with Crippen molar-refractivity contribution in [3.63, 3.8) is 0 Å². The van der Waals surface area contributed by atoms with Gasteiger partial charge in [0.05, 0.1) is 11.3 Å². The second kappa shape index (κ2) is 9.11. The summed E-state index contributed by atoms with van der Waals surface area (Å²) in [4.78, 5) is 43.3. The number of imide groups is 1. The van der Waals surface area contributed by atoms with E-state index in [1.807, 2.05) is 4.90 Å². The third-order valence-corrected chi connectivity index (χ3v) is 5.85. The molecule has 2 aliphatic heterocycles. The Morgan fingerprint density at radius 1 is 0.939 bits per heavy atom. The second-order valence-corrected chi connectivity index (χ2v) is 7.95. The summed E-state index contributed by atoms with van der Waals surface area (Å²) in [7, 11) is 0. The van der Waals surface area contributed by atoms with Crippen molar-refractivity contribution < 1.29 is 23.2 Å². The highest BCUT2D eigenvalue weighted by Crippen LogP contribution is 2.36. The number of piperazine rings is 1. The van der Waals surface area contributed by atoms with Crippen LogP contribution in [0, 0.1) is 11.6 Å². The number of nitrogens with zero attached hydrogens (tertiary/aromatic N) is 3. The van der Waals surface area contributed by atoms with Gasteiger partial charge >= 0.3 is 0 Å². The van der Waals surface area contributed by atoms with Crippen molar-refractivity contribution in [2.24, 2.45) is 0 Å². The molecule has 0 aliphatic carbocycles. The van der Waals surface area contributed by atoms with E-state index < -0.39 is 23.4 Å². The number of carbonyl (C=O) groups is 3. The third kappa shape index (κ3) is 4.36. The highest BCUT2D eigenvalue weighted by molar-refractivity contribution is 6.45. The van der Waals surface area contributed by atoms with Crippen molar-refractivity contribution in [3.8, 4) is 0 Å². The molecule has 1 fully saturated rings. The SMILES string of the molecule is CCN1CCN(C2=C(c3ccc(NC(C)=O)cc3)C(=O)N(c3ccc(F)c(F)c3)C2=O)CC1. The molecule has 0 spiro atoms. The number of hydrogen-bond donors (Lipinski definition) is 1. The maximum absolute atomic E-state index is 13.9. The fraction of sp³-hybridized carbons (Fsp3) is 0.292. The predicted octanol–water partition coefficient (Wildman–Crippen LogP) is 2.85. The first-order valence-electron chi connectivity index (χ1n) is 10.7. The standard InChI is InChI=1S/C24H24F2N4O3/c1-3-28-10-12-29(13-11-28)22-21(16-4-6-17(7-5-16)27-15(2)31)23(32)30(24(22)33)18-8-9-19(25)20(26)14-18/h4-9,14H,3,10-13H2,1-2H3,(H,27,31). The fourth-order valence-corrected chi connectivity index (χ4v) is 4.14. The molecule has 9 heteroatoms. The third-order valence-electron chi connectivity index (χ3n) is 5.85. The molecule has 3 amide bonds. The Balaban J connectivity index is 1.75. The van der Waals surface area contributed by atoms with Crippen LogP contribution in [0.2, 0.25) is 0 Å². The van der Waals surface area contributed by atoms with Gasteiger partial charge in [-0.3, -0.25) is 14.4 Å². The minimum Gasteiger partial charge on any atom is -0.364 e. The van der Waals surface area contributed by atoms with Crippen LogP contribution in [0.25, 0.3) is 5.57 Å². The number of rotatable bonds is 5. The summed E-state index contributed by atoms with van der Waals surface area (Å²) in [6.07, 6.45) is 0. The second-order valence-electron chi connectivity index (χ2n) is 7.95. The average molecular weight is 454 g/mol. The number of hydrogen-bond acceptors (Lipinski definition) is 5. The molecule has 1 saturated heterocycles. The number of nitrogens with one attached hydrogen (secondary N) is 1. The summed E-state index contributed by atoms with van der Waals surface area (Å²) in [6.45, 7) is 6.93. The zero-order chi connectivity index (χ0) is 23.7. The van der Waals surface area contributed by atoms with Crippen LogP contribution in [0.1, 0.15) is 19.4 Å². The first-order chi connectivity index (χ1) is 15.8. The van der Waals surface area contributed by atoms with Crippen molar-refractivity contribution in [3.05, 3.63) is 65.4 Å². The van der Waals surface area contributed by atoms with Crippen LogP contribution in [0.4, 0.5) is 20.2 Å². The molecule has 2 aromatic rings. The van der Waals surface area contributed by atoms with Crippen LogP contribution < -0.4 is 10.2 Å². The minimum absolute atomic E-state index is 0.0292. The molecule has 0 atom stereocenters. The molecule has 0 radical (unpaired) electrons. The van der Waals surface area contributed by atoms with Gasteiger partial charge in [0.2, 0.25) is 5.91 Å². The number of halogens is 2. The Kier molecular flexibility index (Phi) is 6.24. The zero-order valence-corrected chi connectivity index (χ0v) is 18.4. The number of amides is 3. The summed E-state index contributed by atoms with van der Waals surface area (Å²) >= 11 is 0. The van der Waals surface area contributed by atoms with E-state index in [-0.39, 0.29) is 22.9 Å². The molecular formula is C24H24F2N4O3. The van der Waals surface area contributed by atoms with Crippen molar-refractivity contribution >= 4 is 34.7 Å². The van der Waals surface area contributed by atoms with Crippen LogP contribution >= 0.6 is 0 Å². The monoisotopic (exact) mass is 454 g/mol. The van der Waals surface area contributed by atoms with Gasteiger partial charge in [0.25, 0.3) is 11.8 Å². The Morgan fingerprint density at radius 2 is 1.61 bits per heavy atom. The number of carbonyl (C=O) groups excluding carboxylic acids is 3. The van der Waals surface area contributed by atoms with E-state index >= 15 is 0 Å². The quantitative estimate of drug-likeness (QED) is 0.704. The molecule has 0 bridgehead atoms. The molecule has 4 rings (SSSR count). The van der Waals surface area contributed by atoms with E-state index in [9.17, 15) is 23.2 Å². The van der Waals surface area contributed by atoms with Gasteiger partial charge in [-0.05, 0) is 36.4 Å². The lowest BCUT2D eigenvalue weighted by atomic mass is 10.0. The maximum atomic E-state index is 13.9. The maximum Gasteiger partial charge on any atom is 0.282 e. The summed E-state index contributed by atoms with van der Waals surface area (Å²) in [5.74, 6) is -3.61. The number of likely N-dealkylation sites (N-methyl/N-ethyl adjacent to an activating group) is 1. The summed E-state index contributed by atoms with van der Waals surface area (Å²) in [5, 5.41) is 2.66. The van der Waals surface area contributed by atoms with E-state index in [1.165, 1.54) is 13.0 Å². The van der Waals surface area contributed by atoms with Gasteiger partial charge in [0, 0.05) is 44.9 Å². The Hall–Kier alpha value is -3.59. The highest BCUT2D eigenvalue weighted by atomic mass is 19.2. The van der Waals surface area contributed by atoms with Gasteiger partial charge in [-0.25, -0.2) is 13.7 Å². The summed E-state index contributed by atoms with van der Waals surface area (Å²) in [5.41, 5.74) is 1.47. The minimum atomic E-state index is -1.14.